The Morgan fingerprint density at radius 1 is 0.444 bits per heavy atom. The molecule has 0 aromatic heterocycles. The van der Waals surface area contributed by atoms with E-state index in [2.05, 4.69) is 99.0 Å². The average molecular weight is 1260 g/mol. The van der Waals surface area contributed by atoms with Crippen molar-refractivity contribution in [2.24, 2.45) is 0 Å². The lowest BCUT2D eigenvalue weighted by atomic mass is 9.99. The third-order valence-corrected chi connectivity index (χ3v) is 17.6. The summed E-state index contributed by atoms with van der Waals surface area (Å²) in [4.78, 5) is 26.7. The molecule has 0 aromatic carbocycles. The molecule has 1 heterocycles. The van der Waals surface area contributed by atoms with Crippen LogP contribution in [0.25, 0.3) is 0 Å². The second kappa shape index (κ2) is 65.9. The Morgan fingerprint density at radius 3 is 1.20 bits per heavy atom. The largest absolute Gasteiger partial charge is 0.454 e. The summed E-state index contributed by atoms with van der Waals surface area (Å²) in [5.41, 5.74) is 0. The zero-order chi connectivity index (χ0) is 65.3. The van der Waals surface area contributed by atoms with Crippen molar-refractivity contribution in [3.63, 3.8) is 0 Å². The van der Waals surface area contributed by atoms with Gasteiger partial charge in [0.05, 0.1) is 25.4 Å². The van der Waals surface area contributed by atoms with Gasteiger partial charge in [0.15, 0.2) is 12.4 Å². The molecule has 0 spiro atoms. The van der Waals surface area contributed by atoms with E-state index < -0.39 is 67.4 Å². The fraction of sp³-hybridized carbons (Fsp3) is 0.797. The first-order chi connectivity index (χ1) is 44.2. The van der Waals surface area contributed by atoms with Crippen LogP contribution >= 0.6 is 0 Å². The van der Waals surface area contributed by atoms with E-state index >= 15 is 0 Å². The molecule has 522 valence electrons. The van der Waals surface area contributed by atoms with E-state index in [1.54, 1.807) is 6.08 Å². The van der Waals surface area contributed by atoms with Crippen molar-refractivity contribution in [1.29, 1.82) is 0 Å². The molecule has 1 fully saturated rings. The lowest BCUT2D eigenvalue weighted by Crippen LogP contribution is -2.61. The van der Waals surface area contributed by atoms with E-state index in [0.717, 1.165) is 109 Å². The van der Waals surface area contributed by atoms with Crippen LogP contribution in [0.3, 0.4) is 0 Å². The normalized spacial score (nSPS) is 18.5. The van der Waals surface area contributed by atoms with Crippen molar-refractivity contribution in [2.75, 3.05) is 13.2 Å². The minimum absolute atomic E-state index is 0.123. The van der Waals surface area contributed by atoms with Crippen LogP contribution in [-0.4, -0.2) is 99.6 Å². The van der Waals surface area contributed by atoms with Crippen molar-refractivity contribution < 1.29 is 49.3 Å². The van der Waals surface area contributed by atoms with Gasteiger partial charge < -0.3 is 45.1 Å². The molecule has 0 aliphatic carbocycles. The molecule has 8 unspecified atom stereocenters. The van der Waals surface area contributed by atoms with Crippen molar-refractivity contribution in [3.8, 4) is 0 Å². The van der Waals surface area contributed by atoms with Gasteiger partial charge in [0.2, 0.25) is 5.91 Å². The quantitative estimate of drug-likeness (QED) is 0.0195. The number of esters is 1. The minimum atomic E-state index is -1.62. The summed E-state index contributed by atoms with van der Waals surface area (Å²) in [6, 6.07) is -1.04. The van der Waals surface area contributed by atoms with Crippen LogP contribution in [-0.2, 0) is 23.8 Å². The van der Waals surface area contributed by atoms with Crippen LogP contribution in [0, 0.1) is 0 Å². The SMILES string of the molecule is CC/C=C\C/C=C\C/C=C\C/C=C\C/C=C\C/C=C\CCCCCCCC(O)C(=O)NC(COC1OC(CO)C(O)C(O)C1OC(=O)CCCCCCCCCCCCCCCCCCCCCCCCCCC)C(O)/C=C/CCCCCCCCCCCC. The lowest BCUT2D eigenvalue weighted by molar-refractivity contribution is -0.305. The molecule has 1 aliphatic heterocycles. The number of aliphatic hydroxyl groups excluding tert-OH is 5. The van der Waals surface area contributed by atoms with Crippen molar-refractivity contribution >= 4 is 11.9 Å². The molecule has 0 saturated carbocycles. The van der Waals surface area contributed by atoms with Crippen LogP contribution in [0.1, 0.15) is 342 Å². The first kappa shape index (κ1) is 84.9. The molecule has 1 aliphatic rings. The maximum Gasteiger partial charge on any atom is 0.306 e. The molecular weight excluding hydrogens is 1120 g/mol. The molecule has 8 atom stereocenters. The second-order valence-electron chi connectivity index (χ2n) is 26.0. The third-order valence-electron chi connectivity index (χ3n) is 17.6. The molecule has 11 heteroatoms. The van der Waals surface area contributed by atoms with Crippen molar-refractivity contribution in [1.82, 2.24) is 5.32 Å². The molecule has 0 bridgehead atoms. The van der Waals surface area contributed by atoms with Crippen LogP contribution in [0.4, 0.5) is 0 Å². The number of ether oxygens (including phenoxy) is 3. The highest BCUT2D eigenvalue weighted by Crippen LogP contribution is 2.26. The second-order valence-corrected chi connectivity index (χ2v) is 26.0. The molecule has 0 aromatic rings. The summed E-state index contributed by atoms with van der Waals surface area (Å²) in [6.07, 6.45) is 77.7. The van der Waals surface area contributed by atoms with Crippen LogP contribution in [0.15, 0.2) is 85.1 Å². The van der Waals surface area contributed by atoms with Gasteiger partial charge in [-0.3, -0.25) is 9.59 Å². The fourth-order valence-corrected chi connectivity index (χ4v) is 11.7. The highest BCUT2D eigenvalue weighted by Gasteiger charge is 2.47. The number of rotatable bonds is 65. The Bertz CT molecular complexity index is 1790. The Hall–Kier alpha value is -3.16. The smallest absolute Gasteiger partial charge is 0.306 e. The maximum atomic E-state index is 13.5. The number of unbranched alkanes of at least 4 members (excludes halogenated alkanes) is 39. The van der Waals surface area contributed by atoms with E-state index in [1.165, 1.54) is 186 Å². The van der Waals surface area contributed by atoms with Gasteiger partial charge in [0, 0.05) is 6.42 Å². The third kappa shape index (κ3) is 52.2. The van der Waals surface area contributed by atoms with Crippen molar-refractivity contribution in [2.45, 2.75) is 391 Å². The van der Waals surface area contributed by atoms with Crippen LogP contribution < -0.4 is 5.32 Å². The number of hydrogen-bond acceptors (Lipinski definition) is 10. The molecule has 6 N–H and O–H groups in total. The molecule has 1 saturated heterocycles. The maximum absolute atomic E-state index is 13.5. The number of hydrogen-bond donors (Lipinski definition) is 6. The van der Waals surface area contributed by atoms with E-state index in [4.69, 9.17) is 14.2 Å². The van der Waals surface area contributed by atoms with Gasteiger partial charge in [-0.15, -0.1) is 0 Å². The van der Waals surface area contributed by atoms with Crippen molar-refractivity contribution in [3.05, 3.63) is 85.1 Å². The number of aliphatic hydroxyl groups is 5. The van der Waals surface area contributed by atoms with E-state index in [-0.39, 0.29) is 19.4 Å². The monoisotopic (exact) mass is 1260 g/mol. The number of amides is 1. The number of allylic oxidation sites excluding steroid dienone is 13. The standard InChI is InChI=1S/C79H141NO10/c1-4-7-10-13-16-19-22-25-27-29-31-33-35-37-39-41-43-45-47-49-52-55-58-61-64-67-74(84)90-77-76(86)75(85)73(68-81)89-79(77)88-69-70(71(82)65-62-59-56-53-50-24-21-18-15-12-9-6-3)80-78(87)72(83)66-63-60-57-54-51-48-46-44-42-40-38-36-34-32-30-28-26-23-20-17-14-11-8-5-2/h8,11,17,20,26,28,32,34,38,40,44,46,62,65,70-73,75-77,79,81-83,85-86H,4-7,9-10,12-16,18-19,21-25,27,29-31,33,35-37,39,41-43,45,47-61,63-64,66-69H2,1-3H3,(H,80,87)/b11-8-,20-17-,28-26-,34-32-,40-38-,46-44-,65-62+. The number of carbonyl (C=O) groups excluding carboxylic acids is 2. The Kier molecular flexibility index (Phi) is 62.1. The van der Waals surface area contributed by atoms with Gasteiger partial charge in [0.25, 0.3) is 0 Å². The van der Waals surface area contributed by atoms with Gasteiger partial charge in [-0.25, -0.2) is 0 Å². The topological polar surface area (TPSA) is 175 Å². The first-order valence-electron chi connectivity index (χ1n) is 37.9. The Morgan fingerprint density at radius 2 is 0.800 bits per heavy atom. The molecule has 1 amide bonds. The van der Waals surface area contributed by atoms with Gasteiger partial charge in [0.1, 0.15) is 24.4 Å². The van der Waals surface area contributed by atoms with Gasteiger partial charge in [-0.1, -0.05) is 343 Å². The van der Waals surface area contributed by atoms with Gasteiger partial charge in [-0.05, 0) is 77.0 Å². The first-order valence-corrected chi connectivity index (χ1v) is 37.9. The predicted molar refractivity (Wildman–Crippen MR) is 379 cm³/mol. The van der Waals surface area contributed by atoms with E-state index in [0.29, 0.717) is 12.8 Å². The summed E-state index contributed by atoms with van der Waals surface area (Å²) in [5, 5.41) is 57.3. The van der Waals surface area contributed by atoms with Crippen LogP contribution in [0.5, 0.6) is 0 Å². The van der Waals surface area contributed by atoms with Crippen LogP contribution in [0.2, 0.25) is 0 Å². The molecule has 90 heavy (non-hydrogen) atoms. The van der Waals surface area contributed by atoms with Gasteiger partial charge >= 0.3 is 5.97 Å². The molecule has 1 rings (SSSR count). The summed E-state index contributed by atoms with van der Waals surface area (Å²) >= 11 is 0. The molecule has 0 radical (unpaired) electrons. The lowest BCUT2D eigenvalue weighted by Gasteiger charge is -2.41. The zero-order valence-corrected chi connectivity index (χ0v) is 58.2. The summed E-state index contributed by atoms with van der Waals surface area (Å²) in [6.45, 7) is 5.71. The van der Waals surface area contributed by atoms with Gasteiger partial charge in [-0.2, -0.15) is 0 Å². The molecular formula is C79H141NO10. The highest BCUT2D eigenvalue weighted by molar-refractivity contribution is 5.80. The van der Waals surface area contributed by atoms with E-state index in [1.807, 2.05) is 6.08 Å². The summed E-state index contributed by atoms with van der Waals surface area (Å²) in [7, 11) is 0. The average Bonchev–Trinajstić information content (AvgIpc) is 2.18. The summed E-state index contributed by atoms with van der Waals surface area (Å²) in [5.74, 6) is -1.20. The minimum Gasteiger partial charge on any atom is -0.454 e. The van der Waals surface area contributed by atoms with E-state index in [9.17, 15) is 35.1 Å². The number of carbonyl (C=O) groups is 2. The summed E-state index contributed by atoms with van der Waals surface area (Å²) < 4.78 is 17.7. The Balaban J connectivity index is 2.55. The highest BCUT2D eigenvalue weighted by atomic mass is 16.7. The zero-order valence-electron chi connectivity index (χ0n) is 58.2. The predicted octanol–water partition coefficient (Wildman–Crippen LogP) is 20.0. The number of nitrogens with one attached hydrogen (secondary N) is 1. The fourth-order valence-electron chi connectivity index (χ4n) is 11.7. The molecule has 11 nitrogen and oxygen atoms in total. The Labute approximate surface area is 553 Å².